The molecule has 1 aromatic carbocycles. The molecule has 1 aliphatic carbocycles. The summed E-state index contributed by atoms with van der Waals surface area (Å²) in [5, 5.41) is 14.7. The fraction of sp³-hybridized carbons (Fsp3) is 0.533. The summed E-state index contributed by atoms with van der Waals surface area (Å²) in [7, 11) is 0. The minimum Gasteiger partial charge on any atom is -0.392 e. The van der Waals surface area contributed by atoms with Crippen LogP contribution in [-0.4, -0.2) is 16.7 Å². The molecule has 1 fully saturated rings. The van der Waals surface area contributed by atoms with E-state index in [1.807, 2.05) is 0 Å². The Bertz CT molecular complexity index is 658. The van der Waals surface area contributed by atoms with Crippen molar-refractivity contribution in [3.63, 3.8) is 0 Å². The van der Waals surface area contributed by atoms with E-state index in [4.69, 9.17) is 4.84 Å². The summed E-state index contributed by atoms with van der Waals surface area (Å²) in [6.07, 6.45) is -0.482. The van der Waals surface area contributed by atoms with Crippen molar-refractivity contribution in [1.29, 1.82) is 0 Å². The van der Waals surface area contributed by atoms with Crippen LogP contribution in [0.2, 0.25) is 0 Å². The second-order valence-corrected chi connectivity index (χ2v) is 5.85. The smallest absolute Gasteiger partial charge is 0.392 e. The van der Waals surface area contributed by atoms with Crippen LogP contribution in [0.5, 0.6) is 0 Å². The third-order valence-corrected chi connectivity index (χ3v) is 4.39. The molecular formula is C15H15F3N2O3. The Kier molecular flexibility index (Phi) is 3.99. The van der Waals surface area contributed by atoms with Crippen LogP contribution in [-0.2, 0) is 11.0 Å². The Morgan fingerprint density at radius 2 is 1.96 bits per heavy atom. The molecule has 0 spiro atoms. The van der Waals surface area contributed by atoms with Crippen LogP contribution in [0.4, 0.5) is 18.9 Å². The quantitative estimate of drug-likeness (QED) is 0.600. The molecule has 3 rings (SSSR count). The Morgan fingerprint density at radius 3 is 2.65 bits per heavy atom. The number of nitro benzene ring substituents is 1. The van der Waals surface area contributed by atoms with Gasteiger partial charge in [0.05, 0.1) is 16.2 Å². The van der Waals surface area contributed by atoms with E-state index < -0.39 is 22.4 Å². The van der Waals surface area contributed by atoms with Crippen molar-refractivity contribution < 1.29 is 22.9 Å². The molecule has 0 aromatic heterocycles. The van der Waals surface area contributed by atoms with Crippen molar-refractivity contribution >= 4 is 11.4 Å². The molecule has 0 N–H and O–H groups in total. The van der Waals surface area contributed by atoms with Crippen molar-refractivity contribution in [2.75, 3.05) is 0 Å². The number of rotatable bonds is 2. The molecule has 124 valence electrons. The lowest BCUT2D eigenvalue weighted by Gasteiger charge is -2.18. The second kappa shape index (κ2) is 5.82. The number of halogens is 3. The Morgan fingerprint density at radius 1 is 1.22 bits per heavy atom. The van der Waals surface area contributed by atoms with Gasteiger partial charge >= 0.3 is 6.18 Å². The largest absolute Gasteiger partial charge is 0.417 e. The number of alkyl halides is 3. The van der Waals surface area contributed by atoms with Gasteiger partial charge in [0.15, 0.2) is 0 Å². The lowest BCUT2D eigenvalue weighted by molar-refractivity contribution is -0.385. The number of hydrogen-bond acceptors (Lipinski definition) is 4. The lowest BCUT2D eigenvalue weighted by atomic mass is 9.86. The molecule has 8 heteroatoms. The third kappa shape index (κ3) is 3.02. The van der Waals surface area contributed by atoms with E-state index in [1.165, 1.54) is 0 Å². The molecule has 0 saturated heterocycles. The number of nitro groups is 1. The molecule has 5 nitrogen and oxygen atoms in total. The molecule has 0 amide bonds. The molecule has 1 saturated carbocycles. The topological polar surface area (TPSA) is 64.7 Å². The van der Waals surface area contributed by atoms with E-state index in [9.17, 15) is 23.3 Å². The maximum absolute atomic E-state index is 13.3. The fourth-order valence-electron chi connectivity index (χ4n) is 3.26. The summed E-state index contributed by atoms with van der Waals surface area (Å²) >= 11 is 0. The summed E-state index contributed by atoms with van der Waals surface area (Å²) in [6, 6.07) is 2.79. The first kappa shape index (κ1) is 15.8. The minimum atomic E-state index is -4.69. The number of hydrogen-bond donors (Lipinski definition) is 0. The number of nitrogens with zero attached hydrogens (tertiary/aromatic N) is 2. The highest BCUT2D eigenvalue weighted by molar-refractivity contribution is 6.04. The predicted octanol–water partition coefficient (Wildman–Crippen LogP) is 4.30. The number of fused-ring (bicyclic) bond motifs is 1. The van der Waals surface area contributed by atoms with Crippen molar-refractivity contribution in [1.82, 2.24) is 0 Å². The van der Waals surface area contributed by atoms with Crippen LogP contribution in [0.3, 0.4) is 0 Å². The minimum absolute atomic E-state index is 0.113. The molecule has 1 aromatic rings. The van der Waals surface area contributed by atoms with Crippen LogP contribution < -0.4 is 0 Å². The first-order valence-electron chi connectivity index (χ1n) is 7.47. The Balaban J connectivity index is 2.03. The maximum atomic E-state index is 13.3. The summed E-state index contributed by atoms with van der Waals surface area (Å²) in [5.74, 6) is -0.181. The van der Waals surface area contributed by atoms with E-state index in [1.54, 1.807) is 0 Å². The Hall–Kier alpha value is -2.12. The van der Waals surface area contributed by atoms with Crippen LogP contribution in [0, 0.1) is 16.0 Å². The monoisotopic (exact) mass is 328 g/mol. The maximum Gasteiger partial charge on any atom is 0.417 e. The van der Waals surface area contributed by atoms with Gasteiger partial charge in [0.1, 0.15) is 6.10 Å². The van der Waals surface area contributed by atoms with Crippen molar-refractivity contribution in [2.45, 2.75) is 44.4 Å². The highest BCUT2D eigenvalue weighted by Gasteiger charge is 2.41. The third-order valence-electron chi connectivity index (χ3n) is 4.39. The summed E-state index contributed by atoms with van der Waals surface area (Å²) in [5.41, 5.74) is -1.46. The normalized spacial score (nSPS) is 24.4. The van der Waals surface area contributed by atoms with Crippen LogP contribution in [0.1, 0.15) is 43.2 Å². The molecule has 0 unspecified atom stereocenters. The van der Waals surface area contributed by atoms with Gasteiger partial charge in [-0.25, -0.2) is 0 Å². The van der Waals surface area contributed by atoms with Gasteiger partial charge < -0.3 is 4.84 Å². The van der Waals surface area contributed by atoms with Gasteiger partial charge in [-0.1, -0.05) is 18.0 Å². The average molecular weight is 328 g/mol. The van der Waals surface area contributed by atoms with E-state index in [-0.39, 0.29) is 23.3 Å². The standard InChI is InChI=1S/C15H15F3N2O3/c16-15(17,18)12-8-9(20(21)22)6-7-10(12)14-11-4-2-1-3-5-13(11)23-19-14/h6-8,11,13H,1-5H2/t11-,13+/m0/s1. The summed E-state index contributed by atoms with van der Waals surface area (Å²) in [6.45, 7) is 0. The van der Waals surface area contributed by atoms with Crippen LogP contribution in [0.15, 0.2) is 23.4 Å². The van der Waals surface area contributed by atoms with E-state index >= 15 is 0 Å². The summed E-state index contributed by atoms with van der Waals surface area (Å²) in [4.78, 5) is 15.3. The molecular weight excluding hydrogens is 313 g/mol. The first-order chi connectivity index (χ1) is 10.9. The van der Waals surface area contributed by atoms with Crippen LogP contribution >= 0.6 is 0 Å². The zero-order valence-corrected chi connectivity index (χ0v) is 12.2. The van der Waals surface area contributed by atoms with E-state index in [0.29, 0.717) is 6.07 Å². The molecule has 1 heterocycles. The van der Waals surface area contributed by atoms with Crippen molar-refractivity contribution in [3.05, 3.63) is 39.4 Å². The average Bonchev–Trinajstić information content (AvgIpc) is 2.74. The van der Waals surface area contributed by atoms with Gasteiger partial charge in [-0.15, -0.1) is 0 Å². The van der Waals surface area contributed by atoms with Gasteiger partial charge in [0, 0.05) is 23.6 Å². The van der Waals surface area contributed by atoms with Crippen LogP contribution in [0.25, 0.3) is 0 Å². The second-order valence-electron chi connectivity index (χ2n) is 5.85. The molecule has 2 atom stereocenters. The number of benzene rings is 1. The van der Waals surface area contributed by atoms with E-state index in [2.05, 4.69) is 5.16 Å². The SMILES string of the molecule is O=[N+]([O-])c1ccc(C2=NO[C@@H]3CCCCC[C@H]23)c(C(F)(F)F)c1. The number of oxime groups is 1. The summed E-state index contributed by atoms with van der Waals surface area (Å²) < 4.78 is 40.0. The molecule has 1 aliphatic heterocycles. The highest BCUT2D eigenvalue weighted by Crippen LogP contribution is 2.39. The van der Waals surface area contributed by atoms with Gasteiger partial charge in [-0.3, -0.25) is 10.1 Å². The Labute approximate surface area is 130 Å². The lowest BCUT2D eigenvalue weighted by Crippen LogP contribution is -2.25. The molecule has 23 heavy (non-hydrogen) atoms. The van der Waals surface area contributed by atoms with Gasteiger partial charge in [-0.2, -0.15) is 13.2 Å². The van der Waals surface area contributed by atoms with Gasteiger partial charge in [-0.05, 0) is 25.3 Å². The first-order valence-corrected chi connectivity index (χ1v) is 7.47. The predicted molar refractivity (Wildman–Crippen MR) is 76.1 cm³/mol. The van der Waals surface area contributed by atoms with Crippen molar-refractivity contribution in [2.24, 2.45) is 11.1 Å². The number of non-ortho nitro benzene ring substituents is 1. The molecule has 0 radical (unpaired) electrons. The fourth-order valence-corrected chi connectivity index (χ4v) is 3.26. The molecule has 2 aliphatic rings. The van der Waals surface area contributed by atoms with Gasteiger partial charge in [0.2, 0.25) is 0 Å². The van der Waals surface area contributed by atoms with Crippen molar-refractivity contribution in [3.8, 4) is 0 Å². The highest BCUT2D eigenvalue weighted by atomic mass is 19.4. The zero-order valence-electron chi connectivity index (χ0n) is 12.2. The van der Waals surface area contributed by atoms with Gasteiger partial charge in [0.25, 0.3) is 5.69 Å². The zero-order chi connectivity index (χ0) is 16.6. The van der Waals surface area contributed by atoms with E-state index in [0.717, 1.165) is 44.2 Å². The molecule has 0 bridgehead atoms.